The monoisotopic (exact) mass is 176 g/mol. The number of H-pyrrole nitrogens is 1. The molecular weight excluding hydrogens is 166 g/mol. The Morgan fingerprint density at radius 2 is 2.08 bits per heavy atom. The highest BCUT2D eigenvalue weighted by atomic mass is 16.5. The molecule has 0 aliphatic carbocycles. The average molecular weight is 176 g/mol. The minimum atomic E-state index is 0.723. The Hall–Kier alpha value is -1.64. The second kappa shape index (κ2) is 3.01. The molecule has 67 valence electrons. The summed E-state index contributed by atoms with van der Waals surface area (Å²) in [7, 11) is 3.24. The Morgan fingerprint density at radius 1 is 1.23 bits per heavy atom. The molecule has 0 spiro atoms. The van der Waals surface area contributed by atoms with Crippen LogP contribution in [-0.4, -0.2) is 19.2 Å². The maximum absolute atomic E-state index is 5.23. The largest absolute Gasteiger partial charge is 0.493 e. The van der Waals surface area contributed by atoms with Gasteiger partial charge in [0, 0.05) is 12.3 Å². The van der Waals surface area contributed by atoms with Crippen LogP contribution in [0.1, 0.15) is 0 Å². The topological polar surface area (TPSA) is 34.2 Å². The summed E-state index contributed by atoms with van der Waals surface area (Å²) in [6.07, 6.45) is 1.76. The molecule has 3 nitrogen and oxygen atoms in total. The fourth-order valence-electron chi connectivity index (χ4n) is 1.38. The van der Waals surface area contributed by atoms with Gasteiger partial charge >= 0.3 is 0 Å². The van der Waals surface area contributed by atoms with Gasteiger partial charge in [-0.15, -0.1) is 0 Å². The van der Waals surface area contributed by atoms with Crippen LogP contribution in [-0.2, 0) is 0 Å². The van der Waals surface area contributed by atoms with Crippen LogP contribution < -0.4 is 9.47 Å². The van der Waals surface area contributed by atoms with E-state index in [2.05, 4.69) is 11.1 Å². The summed E-state index contributed by atoms with van der Waals surface area (Å²) in [5, 5.41) is 0.918. The molecule has 0 aliphatic heterocycles. The smallest absolute Gasteiger partial charge is 0.170 e. The second-order valence-electron chi connectivity index (χ2n) is 2.66. The van der Waals surface area contributed by atoms with Gasteiger partial charge in [0.25, 0.3) is 0 Å². The highest BCUT2D eigenvalue weighted by Gasteiger charge is 2.08. The number of benzene rings is 1. The molecule has 0 aliphatic rings. The molecule has 0 atom stereocenters. The van der Waals surface area contributed by atoms with Crippen molar-refractivity contribution in [2.45, 2.75) is 0 Å². The number of hydrogen-bond acceptors (Lipinski definition) is 2. The van der Waals surface area contributed by atoms with Crippen molar-refractivity contribution in [1.29, 1.82) is 0 Å². The first-order valence-electron chi connectivity index (χ1n) is 3.96. The molecule has 0 amide bonds. The van der Waals surface area contributed by atoms with E-state index in [1.807, 2.05) is 12.1 Å². The first-order valence-corrected chi connectivity index (χ1v) is 3.96. The number of rotatable bonds is 2. The van der Waals surface area contributed by atoms with Crippen LogP contribution >= 0.6 is 0 Å². The Labute approximate surface area is 76.3 Å². The number of ether oxygens (including phenoxy) is 2. The van der Waals surface area contributed by atoms with Gasteiger partial charge in [0.1, 0.15) is 0 Å². The normalized spacial score (nSPS) is 10.3. The third kappa shape index (κ3) is 1.13. The summed E-state index contributed by atoms with van der Waals surface area (Å²) in [6, 6.07) is 6.86. The predicted octanol–water partition coefficient (Wildman–Crippen LogP) is 1.99. The van der Waals surface area contributed by atoms with Crippen molar-refractivity contribution in [3.05, 3.63) is 24.4 Å². The summed E-state index contributed by atoms with van der Waals surface area (Å²) in [5.41, 5.74) is 0.998. The van der Waals surface area contributed by atoms with E-state index in [0.29, 0.717) is 0 Å². The maximum atomic E-state index is 5.23. The molecule has 1 radical (unpaired) electrons. The van der Waals surface area contributed by atoms with E-state index in [9.17, 15) is 0 Å². The number of aromatic amines is 1. The van der Waals surface area contributed by atoms with Crippen LogP contribution in [0.3, 0.4) is 0 Å². The zero-order valence-corrected chi connectivity index (χ0v) is 7.55. The first-order chi connectivity index (χ1) is 6.36. The Morgan fingerprint density at radius 3 is 2.77 bits per heavy atom. The Balaban J connectivity index is 2.74. The van der Waals surface area contributed by atoms with Crippen molar-refractivity contribution in [2.24, 2.45) is 0 Å². The van der Waals surface area contributed by atoms with E-state index in [4.69, 9.17) is 9.47 Å². The quantitative estimate of drug-likeness (QED) is 0.759. The molecule has 0 fully saturated rings. The third-order valence-corrected chi connectivity index (χ3v) is 1.99. The second-order valence-corrected chi connectivity index (χ2v) is 2.66. The maximum Gasteiger partial charge on any atom is 0.170 e. The Kier molecular flexibility index (Phi) is 1.85. The highest BCUT2D eigenvalue weighted by Crippen LogP contribution is 2.34. The lowest BCUT2D eigenvalue weighted by atomic mass is 10.2. The number of nitrogens with one attached hydrogen (secondary N) is 1. The molecule has 0 saturated carbocycles. The van der Waals surface area contributed by atoms with E-state index in [1.54, 1.807) is 20.4 Å². The molecule has 1 N–H and O–H groups in total. The number of aromatic nitrogens is 1. The van der Waals surface area contributed by atoms with Gasteiger partial charge in [-0.05, 0) is 12.1 Å². The van der Waals surface area contributed by atoms with E-state index >= 15 is 0 Å². The number of fused-ring (bicyclic) bond motifs is 1. The van der Waals surface area contributed by atoms with Crippen molar-refractivity contribution in [3.63, 3.8) is 0 Å². The summed E-state index contributed by atoms with van der Waals surface area (Å²) in [4.78, 5) is 3.05. The van der Waals surface area contributed by atoms with Gasteiger partial charge in [0.15, 0.2) is 11.5 Å². The summed E-state index contributed by atoms with van der Waals surface area (Å²) < 4.78 is 10.4. The first kappa shape index (κ1) is 7.98. The Bertz CT molecular complexity index is 420. The van der Waals surface area contributed by atoms with Gasteiger partial charge in [-0.1, -0.05) is 0 Å². The van der Waals surface area contributed by atoms with Crippen molar-refractivity contribution in [3.8, 4) is 11.5 Å². The number of hydrogen-bond donors (Lipinski definition) is 1. The van der Waals surface area contributed by atoms with Crippen LogP contribution in [0, 0.1) is 6.07 Å². The minimum absolute atomic E-state index is 0.723. The van der Waals surface area contributed by atoms with E-state index in [0.717, 1.165) is 22.4 Å². The number of methoxy groups -OCH3 is 2. The molecular formula is C10H10NO2. The molecule has 2 aromatic rings. The van der Waals surface area contributed by atoms with E-state index in [1.165, 1.54) is 0 Å². The minimum Gasteiger partial charge on any atom is -0.493 e. The van der Waals surface area contributed by atoms with Crippen molar-refractivity contribution in [1.82, 2.24) is 4.98 Å². The fraction of sp³-hybridized carbons (Fsp3) is 0.200. The van der Waals surface area contributed by atoms with Gasteiger partial charge < -0.3 is 14.5 Å². The van der Waals surface area contributed by atoms with Crippen molar-refractivity contribution < 1.29 is 9.47 Å². The standard InChI is InChI=1S/C10H10NO2/c1-12-9-4-3-8-7(5-6-11-8)10(9)13-2/h3-4,6,11H,1-2H3. The zero-order chi connectivity index (χ0) is 9.26. The SMILES string of the molecule is COc1ccc2[nH]c[c]c2c1OC. The van der Waals surface area contributed by atoms with Gasteiger partial charge in [0.05, 0.1) is 25.1 Å². The van der Waals surface area contributed by atoms with Gasteiger partial charge in [-0.25, -0.2) is 0 Å². The summed E-state index contributed by atoms with van der Waals surface area (Å²) in [5.74, 6) is 1.45. The van der Waals surface area contributed by atoms with Gasteiger partial charge in [-0.3, -0.25) is 0 Å². The van der Waals surface area contributed by atoms with E-state index < -0.39 is 0 Å². The molecule has 1 aromatic carbocycles. The predicted molar refractivity (Wildman–Crippen MR) is 50.2 cm³/mol. The van der Waals surface area contributed by atoms with Crippen molar-refractivity contribution in [2.75, 3.05) is 14.2 Å². The highest BCUT2D eigenvalue weighted by molar-refractivity contribution is 5.87. The molecule has 2 rings (SSSR count). The molecule has 13 heavy (non-hydrogen) atoms. The molecule has 1 aromatic heterocycles. The van der Waals surface area contributed by atoms with Crippen LogP contribution in [0.2, 0.25) is 0 Å². The summed E-state index contributed by atoms with van der Waals surface area (Å²) >= 11 is 0. The zero-order valence-electron chi connectivity index (χ0n) is 7.55. The van der Waals surface area contributed by atoms with Crippen molar-refractivity contribution >= 4 is 10.9 Å². The molecule has 0 saturated heterocycles. The summed E-state index contributed by atoms with van der Waals surface area (Å²) in [6.45, 7) is 0. The average Bonchev–Trinajstić information content (AvgIpc) is 2.63. The van der Waals surface area contributed by atoms with Crippen LogP contribution in [0.25, 0.3) is 10.9 Å². The lowest BCUT2D eigenvalue weighted by Crippen LogP contribution is -1.90. The van der Waals surface area contributed by atoms with Gasteiger partial charge in [-0.2, -0.15) is 0 Å². The van der Waals surface area contributed by atoms with Gasteiger partial charge in [0.2, 0.25) is 0 Å². The molecule has 1 heterocycles. The lowest BCUT2D eigenvalue weighted by Gasteiger charge is -2.07. The molecule has 0 bridgehead atoms. The molecule has 0 unspecified atom stereocenters. The fourth-order valence-corrected chi connectivity index (χ4v) is 1.38. The lowest BCUT2D eigenvalue weighted by molar-refractivity contribution is 0.358. The van der Waals surface area contributed by atoms with E-state index in [-0.39, 0.29) is 0 Å². The van der Waals surface area contributed by atoms with Crippen LogP contribution in [0.15, 0.2) is 18.3 Å². The van der Waals surface area contributed by atoms with Crippen LogP contribution in [0.5, 0.6) is 11.5 Å². The third-order valence-electron chi connectivity index (χ3n) is 1.99. The van der Waals surface area contributed by atoms with Crippen LogP contribution in [0.4, 0.5) is 0 Å². The molecule has 3 heteroatoms.